The third kappa shape index (κ3) is 4.49. The van der Waals surface area contributed by atoms with Gasteiger partial charge in [-0.25, -0.2) is 4.79 Å². The highest BCUT2D eigenvalue weighted by molar-refractivity contribution is 7.98. The molecule has 2 aliphatic heterocycles. The zero-order valence-electron chi connectivity index (χ0n) is 18.0. The summed E-state index contributed by atoms with van der Waals surface area (Å²) in [7, 11) is 1.27. The van der Waals surface area contributed by atoms with Crippen LogP contribution in [0, 0.1) is 0 Å². The summed E-state index contributed by atoms with van der Waals surface area (Å²) in [5, 5.41) is 0. The average molecular weight is 434 g/mol. The van der Waals surface area contributed by atoms with Crippen molar-refractivity contribution in [1.29, 1.82) is 0 Å². The van der Waals surface area contributed by atoms with E-state index < -0.39 is 11.5 Å². The highest BCUT2D eigenvalue weighted by Gasteiger charge is 2.58. The van der Waals surface area contributed by atoms with Crippen molar-refractivity contribution in [3.8, 4) is 0 Å². The van der Waals surface area contributed by atoms with Gasteiger partial charge in [0.2, 0.25) is 0 Å². The van der Waals surface area contributed by atoms with Gasteiger partial charge in [-0.2, -0.15) is 11.8 Å². The minimum absolute atomic E-state index is 0.261. The molecule has 0 saturated carbocycles. The zero-order chi connectivity index (χ0) is 21.7. The molecule has 2 fully saturated rings. The smallest absolute Gasteiger partial charge is 0.328 e. The Morgan fingerprint density at radius 3 is 2.47 bits per heavy atom. The summed E-state index contributed by atoms with van der Waals surface area (Å²) in [4.78, 5) is 43.6. The second-order valence-electron chi connectivity index (χ2n) is 8.01. The van der Waals surface area contributed by atoms with Crippen LogP contribution in [0.5, 0.6) is 0 Å². The van der Waals surface area contributed by atoms with Gasteiger partial charge >= 0.3 is 12.0 Å². The fourth-order valence-electron chi connectivity index (χ4n) is 4.48. The van der Waals surface area contributed by atoms with Crippen molar-refractivity contribution in [1.82, 2.24) is 14.7 Å². The van der Waals surface area contributed by atoms with E-state index in [9.17, 15) is 14.4 Å². The monoisotopic (exact) mass is 433 g/mol. The predicted octanol–water partition coefficient (Wildman–Crippen LogP) is 2.25. The Balaban J connectivity index is 1.80. The number of methoxy groups -OCH3 is 1. The second kappa shape index (κ2) is 9.83. The van der Waals surface area contributed by atoms with Crippen LogP contribution in [0.15, 0.2) is 30.3 Å². The van der Waals surface area contributed by atoms with Crippen LogP contribution in [-0.4, -0.2) is 89.5 Å². The number of hydrogen-bond donors (Lipinski definition) is 0. The highest BCUT2D eigenvalue weighted by atomic mass is 32.2. The fraction of sp³-hybridized carbons (Fsp3) is 0.591. The van der Waals surface area contributed by atoms with E-state index in [1.54, 1.807) is 4.90 Å². The van der Waals surface area contributed by atoms with Crippen LogP contribution in [0.25, 0.3) is 0 Å². The van der Waals surface area contributed by atoms with Gasteiger partial charge in [-0.05, 0) is 38.0 Å². The lowest BCUT2D eigenvalue weighted by Crippen LogP contribution is -2.58. The summed E-state index contributed by atoms with van der Waals surface area (Å²) < 4.78 is 4.71. The van der Waals surface area contributed by atoms with E-state index in [2.05, 4.69) is 18.1 Å². The molecule has 2 heterocycles. The standard InChI is InChI=1S/C22H31N3O4S/c1-17(16-30-3)23-13-10-22(11-14-23)20(27)24(15-19(26)29-2)21(28)25(22)12-9-18-7-5-4-6-8-18/h4-8,17H,9-16H2,1-3H3/t17-/m1/s1. The van der Waals surface area contributed by atoms with E-state index >= 15 is 0 Å². The minimum Gasteiger partial charge on any atom is -0.468 e. The number of esters is 1. The Hall–Kier alpha value is -2.06. The summed E-state index contributed by atoms with van der Waals surface area (Å²) in [6.45, 7) is 3.84. The van der Waals surface area contributed by atoms with E-state index in [4.69, 9.17) is 4.74 Å². The molecular weight excluding hydrogens is 402 g/mol. The molecule has 1 spiro atoms. The Morgan fingerprint density at radius 2 is 1.87 bits per heavy atom. The summed E-state index contributed by atoms with van der Waals surface area (Å²) >= 11 is 1.81. The van der Waals surface area contributed by atoms with Gasteiger partial charge in [0.15, 0.2) is 0 Å². The van der Waals surface area contributed by atoms with Crippen LogP contribution in [0.3, 0.4) is 0 Å². The van der Waals surface area contributed by atoms with Crippen molar-refractivity contribution >= 4 is 29.7 Å². The maximum atomic E-state index is 13.4. The molecule has 0 radical (unpaired) electrons. The van der Waals surface area contributed by atoms with Gasteiger partial charge in [-0.1, -0.05) is 30.3 Å². The summed E-state index contributed by atoms with van der Waals surface area (Å²) in [6, 6.07) is 9.98. The first-order valence-electron chi connectivity index (χ1n) is 10.4. The quantitative estimate of drug-likeness (QED) is 0.463. The van der Waals surface area contributed by atoms with Crippen molar-refractivity contribution in [2.45, 2.75) is 37.8 Å². The van der Waals surface area contributed by atoms with Crippen molar-refractivity contribution in [2.24, 2.45) is 0 Å². The van der Waals surface area contributed by atoms with Gasteiger partial charge in [0.25, 0.3) is 5.91 Å². The molecule has 164 valence electrons. The first-order chi connectivity index (χ1) is 14.4. The van der Waals surface area contributed by atoms with Gasteiger partial charge in [0, 0.05) is 31.4 Å². The number of piperidine rings is 1. The molecule has 2 saturated heterocycles. The lowest BCUT2D eigenvalue weighted by Gasteiger charge is -2.44. The number of nitrogens with zero attached hydrogens (tertiary/aromatic N) is 3. The van der Waals surface area contributed by atoms with Gasteiger partial charge < -0.3 is 9.64 Å². The Bertz CT molecular complexity index is 765. The lowest BCUT2D eigenvalue weighted by atomic mass is 9.85. The van der Waals surface area contributed by atoms with E-state index in [-0.39, 0.29) is 18.5 Å². The number of thioether (sulfide) groups is 1. The van der Waals surface area contributed by atoms with Crippen LogP contribution >= 0.6 is 11.8 Å². The molecule has 3 amide bonds. The molecule has 0 aliphatic carbocycles. The fourth-order valence-corrected chi connectivity index (χ4v) is 5.17. The number of benzene rings is 1. The summed E-state index contributed by atoms with van der Waals surface area (Å²) in [5.41, 5.74) is 0.250. The number of likely N-dealkylation sites (tertiary alicyclic amines) is 1. The third-order valence-corrected chi connectivity index (χ3v) is 7.08. The van der Waals surface area contributed by atoms with E-state index in [1.165, 1.54) is 7.11 Å². The van der Waals surface area contributed by atoms with E-state index in [1.807, 2.05) is 42.1 Å². The molecule has 1 atom stereocenters. The normalized spacial score (nSPS) is 20.1. The second-order valence-corrected chi connectivity index (χ2v) is 8.92. The Labute approximate surface area is 182 Å². The molecule has 0 aromatic heterocycles. The minimum atomic E-state index is -0.866. The number of ether oxygens (including phenoxy) is 1. The Kier molecular flexibility index (Phi) is 7.41. The average Bonchev–Trinajstić information content (AvgIpc) is 2.94. The number of urea groups is 1. The molecule has 0 unspecified atom stereocenters. The third-order valence-electron chi connectivity index (χ3n) is 6.26. The van der Waals surface area contributed by atoms with Crippen LogP contribution in [0.4, 0.5) is 4.79 Å². The van der Waals surface area contributed by atoms with E-state index in [0.29, 0.717) is 31.8 Å². The SMILES string of the molecule is COC(=O)CN1C(=O)N(CCc2ccccc2)C2(CCN([C@H](C)CSC)CC2)C1=O. The van der Waals surface area contributed by atoms with Crippen molar-refractivity contribution in [3.05, 3.63) is 35.9 Å². The van der Waals surface area contributed by atoms with Gasteiger partial charge in [0.05, 0.1) is 7.11 Å². The Morgan fingerprint density at radius 1 is 1.20 bits per heavy atom. The first kappa shape index (κ1) is 22.6. The molecule has 0 N–H and O–H groups in total. The summed E-state index contributed by atoms with van der Waals surface area (Å²) in [6.07, 6.45) is 3.93. The zero-order valence-corrected chi connectivity index (χ0v) is 18.8. The van der Waals surface area contributed by atoms with Crippen LogP contribution < -0.4 is 0 Å². The number of carbonyl (C=O) groups is 3. The predicted molar refractivity (Wildman–Crippen MR) is 117 cm³/mol. The molecule has 8 heteroatoms. The number of amides is 3. The molecule has 3 rings (SSSR count). The molecule has 0 bridgehead atoms. The molecule has 2 aliphatic rings. The largest absolute Gasteiger partial charge is 0.468 e. The molecule has 1 aromatic carbocycles. The summed E-state index contributed by atoms with van der Waals surface area (Å²) in [5.74, 6) is 0.192. The topological polar surface area (TPSA) is 70.2 Å². The number of imide groups is 1. The van der Waals surface area contributed by atoms with Gasteiger partial charge in [-0.15, -0.1) is 0 Å². The molecule has 7 nitrogen and oxygen atoms in total. The first-order valence-corrected chi connectivity index (χ1v) is 11.8. The van der Waals surface area contributed by atoms with Gasteiger partial charge in [-0.3, -0.25) is 19.4 Å². The van der Waals surface area contributed by atoms with Crippen molar-refractivity contribution in [3.63, 3.8) is 0 Å². The van der Waals surface area contributed by atoms with Gasteiger partial charge in [0.1, 0.15) is 12.1 Å². The molecular formula is C22H31N3O4S. The molecule has 1 aromatic rings. The van der Waals surface area contributed by atoms with Crippen molar-refractivity contribution in [2.75, 3.05) is 45.3 Å². The van der Waals surface area contributed by atoms with Crippen LogP contribution in [0.1, 0.15) is 25.3 Å². The maximum Gasteiger partial charge on any atom is 0.328 e. The highest BCUT2D eigenvalue weighted by Crippen LogP contribution is 2.38. The maximum absolute atomic E-state index is 13.4. The number of hydrogen-bond acceptors (Lipinski definition) is 6. The number of carbonyl (C=O) groups excluding carboxylic acids is 3. The number of rotatable bonds is 8. The van der Waals surface area contributed by atoms with Crippen LogP contribution in [0.2, 0.25) is 0 Å². The lowest BCUT2D eigenvalue weighted by molar-refractivity contribution is -0.146. The van der Waals surface area contributed by atoms with Crippen LogP contribution in [-0.2, 0) is 20.7 Å². The molecule has 30 heavy (non-hydrogen) atoms. The van der Waals surface area contributed by atoms with E-state index in [0.717, 1.165) is 29.3 Å². The van der Waals surface area contributed by atoms with Crippen molar-refractivity contribution < 1.29 is 19.1 Å².